The number of benzene rings is 2. The molecule has 0 aliphatic heterocycles. The Balaban J connectivity index is 1.51. The highest BCUT2D eigenvalue weighted by Gasteiger charge is 2.63. The van der Waals surface area contributed by atoms with Crippen molar-refractivity contribution in [3.05, 3.63) is 75.8 Å². The first kappa shape index (κ1) is 31.7. The molecule has 0 saturated heterocycles. The van der Waals surface area contributed by atoms with Crippen molar-refractivity contribution in [2.45, 2.75) is 44.9 Å². The number of nitrogens with two attached hydrogens (primary N) is 1. The van der Waals surface area contributed by atoms with Gasteiger partial charge in [0.25, 0.3) is 5.91 Å². The van der Waals surface area contributed by atoms with Crippen LogP contribution in [0.5, 0.6) is 5.75 Å². The summed E-state index contributed by atoms with van der Waals surface area (Å²) in [6, 6.07) is 9.28. The zero-order chi connectivity index (χ0) is 33.0. The molecule has 7 N–H and O–H groups in total. The molecule has 0 saturated carbocycles. The topological polar surface area (TPSA) is 200 Å². The minimum absolute atomic E-state index is 0.00161. The Labute approximate surface area is 259 Å². The third-order valence-electron chi connectivity index (χ3n) is 8.86. The fraction of sp³-hybridized carbons (Fsp3) is 0.394. The number of phenolic OH excluding ortho intramolecular Hbond substituents is 1. The number of primary amides is 1. The Kier molecular flexibility index (Phi) is 8.23. The number of aliphatic hydroxyl groups is 3. The predicted molar refractivity (Wildman–Crippen MR) is 162 cm³/mol. The van der Waals surface area contributed by atoms with Gasteiger partial charge in [-0.25, -0.2) is 4.79 Å². The van der Waals surface area contributed by atoms with E-state index >= 15 is 0 Å². The SMILES string of the molecule is CC(C)COC(=O)NCc1ccc(-c2ccc(O)c3c2CC2CC4C(N(C)C)C(O)=C(C(N)=O)C(=O)C4(O)C(O)=C2C3=O)cc1. The maximum absolute atomic E-state index is 14.0. The summed E-state index contributed by atoms with van der Waals surface area (Å²) in [7, 11) is 3.16. The van der Waals surface area contributed by atoms with Crippen LogP contribution in [0, 0.1) is 17.8 Å². The molecular weight excluding hydrogens is 582 g/mol. The molecule has 45 heavy (non-hydrogen) atoms. The Morgan fingerprint density at radius 2 is 1.76 bits per heavy atom. The molecule has 0 bridgehead atoms. The number of hydrogen-bond donors (Lipinski definition) is 6. The number of aromatic hydroxyl groups is 1. The Morgan fingerprint density at radius 1 is 1.09 bits per heavy atom. The summed E-state index contributed by atoms with van der Waals surface area (Å²) in [5.41, 5.74) is 4.30. The lowest BCUT2D eigenvalue weighted by molar-refractivity contribution is -0.148. The lowest BCUT2D eigenvalue weighted by Crippen LogP contribution is -2.63. The van der Waals surface area contributed by atoms with Crippen LogP contribution in [0.3, 0.4) is 0 Å². The van der Waals surface area contributed by atoms with Crippen molar-refractivity contribution in [3.63, 3.8) is 0 Å². The van der Waals surface area contributed by atoms with E-state index in [1.165, 1.54) is 11.0 Å². The number of carbonyl (C=O) groups is 4. The first-order valence-corrected chi connectivity index (χ1v) is 14.7. The van der Waals surface area contributed by atoms with Crippen LogP contribution in [0.2, 0.25) is 0 Å². The van der Waals surface area contributed by atoms with Crippen molar-refractivity contribution in [2.75, 3.05) is 20.7 Å². The summed E-state index contributed by atoms with van der Waals surface area (Å²) < 4.78 is 5.14. The number of rotatable bonds is 7. The molecule has 0 radical (unpaired) electrons. The van der Waals surface area contributed by atoms with Gasteiger partial charge in [0, 0.05) is 18.0 Å². The number of hydrogen-bond acceptors (Lipinski definition) is 10. The molecule has 2 aromatic rings. The molecule has 5 rings (SSSR count). The minimum atomic E-state index is -2.69. The highest BCUT2D eigenvalue weighted by Crippen LogP contribution is 2.53. The Bertz CT molecular complexity index is 1660. The molecule has 238 valence electrons. The lowest BCUT2D eigenvalue weighted by atomic mass is 9.58. The van der Waals surface area contributed by atoms with E-state index in [4.69, 9.17) is 10.5 Å². The number of nitrogens with zero attached hydrogens (tertiary/aromatic N) is 1. The molecule has 4 unspecified atom stereocenters. The summed E-state index contributed by atoms with van der Waals surface area (Å²) in [6.07, 6.45) is -0.349. The first-order chi connectivity index (χ1) is 21.2. The van der Waals surface area contributed by atoms with E-state index in [1.807, 2.05) is 38.1 Å². The second-order valence-electron chi connectivity index (χ2n) is 12.5. The van der Waals surface area contributed by atoms with Crippen LogP contribution >= 0.6 is 0 Å². The largest absolute Gasteiger partial charge is 0.510 e. The molecule has 12 heteroatoms. The quantitative estimate of drug-likeness (QED) is 0.250. The number of alkyl carbamates (subject to hydrolysis) is 1. The second-order valence-corrected chi connectivity index (χ2v) is 12.5. The van der Waals surface area contributed by atoms with Gasteiger partial charge in [0.2, 0.25) is 5.78 Å². The number of aliphatic hydroxyl groups excluding tert-OH is 2. The van der Waals surface area contributed by atoms with E-state index in [-0.39, 0.29) is 42.2 Å². The van der Waals surface area contributed by atoms with Gasteiger partial charge in [0.1, 0.15) is 22.8 Å². The number of amides is 2. The molecule has 3 aliphatic rings. The highest BCUT2D eigenvalue weighted by atomic mass is 16.5. The fourth-order valence-corrected chi connectivity index (χ4v) is 6.79. The number of Topliss-reactive ketones (excluding diaryl/α,β-unsaturated/α-hetero) is 2. The molecule has 2 amide bonds. The van der Waals surface area contributed by atoms with Crippen molar-refractivity contribution in [1.29, 1.82) is 0 Å². The normalized spacial score (nSPS) is 24.4. The van der Waals surface area contributed by atoms with Gasteiger partial charge in [-0.15, -0.1) is 0 Å². The zero-order valence-corrected chi connectivity index (χ0v) is 25.5. The third kappa shape index (κ3) is 5.23. The van der Waals surface area contributed by atoms with Gasteiger partial charge in [-0.05, 0) is 67.1 Å². The Hall–Kier alpha value is -4.68. The average molecular weight is 620 g/mol. The minimum Gasteiger partial charge on any atom is -0.510 e. The van der Waals surface area contributed by atoms with Crippen molar-refractivity contribution >= 4 is 23.6 Å². The fourth-order valence-electron chi connectivity index (χ4n) is 6.79. The van der Waals surface area contributed by atoms with Crippen LogP contribution in [0.15, 0.2) is 59.1 Å². The number of ether oxygens (including phenoxy) is 1. The summed E-state index contributed by atoms with van der Waals surface area (Å²) in [5.74, 6) is -6.73. The number of nitrogens with one attached hydrogen (secondary N) is 1. The van der Waals surface area contributed by atoms with E-state index in [2.05, 4.69) is 5.32 Å². The van der Waals surface area contributed by atoms with Gasteiger partial charge in [0.05, 0.1) is 18.2 Å². The molecule has 0 fully saturated rings. The Morgan fingerprint density at radius 3 is 2.36 bits per heavy atom. The molecule has 2 aromatic carbocycles. The predicted octanol–water partition coefficient (Wildman–Crippen LogP) is 2.67. The number of fused-ring (bicyclic) bond motifs is 3. The van der Waals surface area contributed by atoms with Gasteiger partial charge in [-0.3, -0.25) is 19.3 Å². The second kappa shape index (κ2) is 11.7. The van der Waals surface area contributed by atoms with Gasteiger partial charge >= 0.3 is 6.09 Å². The van der Waals surface area contributed by atoms with E-state index < -0.39 is 64.1 Å². The van der Waals surface area contributed by atoms with E-state index in [9.17, 15) is 39.6 Å². The van der Waals surface area contributed by atoms with E-state index in [0.717, 1.165) is 11.1 Å². The third-order valence-corrected chi connectivity index (χ3v) is 8.86. The molecule has 12 nitrogen and oxygen atoms in total. The summed E-state index contributed by atoms with van der Waals surface area (Å²) in [5, 5.41) is 47.7. The van der Waals surface area contributed by atoms with Gasteiger partial charge in [-0.1, -0.05) is 44.2 Å². The van der Waals surface area contributed by atoms with Crippen molar-refractivity contribution < 1.29 is 44.3 Å². The van der Waals surface area contributed by atoms with Crippen LogP contribution in [0.1, 0.15) is 41.8 Å². The number of ketones is 2. The maximum Gasteiger partial charge on any atom is 0.407 e. The zero-order valence-electron chi connectivity index (χ0n) is 25.5. The average Bonchev–Trinajstić information content (AvgIpc) is 2.97. The number of phenols is 1. The number of allylic oxidation sites excluding steroid dienone is 1. The number of carbonyl (C=O) groups excluding carboxylic acids is 4. The van der Waals surface area contributed by atoms with Crippen LogP contribution in [0.25, 0.3) is 11.1 Å². The highest BCUT2D eigenvalue weighted by molar-refractivity contribution is 6.24. The van der Waals surface area contributed by atoms with Crippen LogP contribution < -0.4 is 11.1 Å². The van der Waals surface area contributed by atoms with Gasteiger partial charge in [-0.2, -0.15) is 0 Å². The summed E-state index contributed by atoms with van der Waals surface area (Å²) >= 11 is 0. The van der Waals surface area contributed by atoms with Gasteiger partial charge < -0.3 is 36.2 Å². The summed E-state index contributed by atoms with van der Waals surface area (Å²) in [4.78, 5) is 53.0. The molecule has 3 aliphatic carbocycles. The van der Waals surface area contributed by atoms with Crippen LogP contribution in [0.4, 0.5) is 4.79 Å². The number of likely N-dealkylation sites (N-methyl/N-ethyl adjacent to an activating group) is 1. The molecule has 0 heterocycles. The van der Waals surface area contributed by atoms with Gasteiger partial charge in [0.15, 0.2) is 11.4 Å². The standard InChI is InChI=1S/C33H37N3O9/c1-15(2)14-45-32(43)35-13-16-5-7-17(8-6-16)19-9-10-22(37)24-20(19)11-18-12-21-26(36(3)4)28(39)25(31(34)42)30(41)33(21,44)29(40)23(18)27(24)38/h5-10,15,18,21,26,37,39-40,44H,11-14H2,1-4H3,(H2,34,42)(H,35,43). The summed E-state index contributed by atoms with van der Waals surface area (Å²) in [6.45, 7) is 4.43. The maximum atomic E-state index is 14.0. The van der Waals surface area contributed by atoms with Crippen molar-refractivity contribution in [3.8, 4) is 16.9 Å². The molecule has 0 spiro atoms. The van der Waals surface area contributed by atoms with E-state index in [1.54, 1.807) is 20.2 Å². The first-order valence-electron chi connectivity index (χ1n) is 14.7. The lowest BCUT2D eigenvalue weighted by Gasteiger charge is -2.50. The van der Waals surface area contributed by atoms with Crippen molar-refractivity contribution in [1.82, 2.24) is 10.2 Å². The van der Waals surface area contributed by atoms with E-state index in [0.29, 0.717) is 17.7 Å². The molecule has 4 atom stereocenters. The monoisotopic (exact) mass is 619 g/mol. The van der Waals surface area contributed by atoms with Crippen LogP contribution in [-0.4, -0.2) is 81.2 Å². The smallest absolute Gasteiger partial charge is 0.407 e. The van der Waals surface area contributed by atoms with Crippen LogP contribution in [-0.2, 0) is 27.3 Å². The van der Waals surface area contributed by atoms with Crippen molar-refractivity contribution in [2.24, 2.45) is 23.5 Å². The molecular formula is C33H37N3O9. The molecule has 0 aromatic heterocycles.